The Morgan fingerprint density at radius 1 is 1.32 bits per heavy atom. The minimum absolute atomic E-state index is 0.0943. The molecule has 8 nitrogen and oxygen atoms in total. The lowest BCUT2D eigenvalue weighted by Crippen LogP contribution is -2.23. The molecular formula is C23H33N5O3. The van der Waals surface area contributed by atoms with Gasteiger partial charge in [0.2, 0.25) is 0 Å². The smallest absolute Gasteiger partial charge is 0.411 e. The third kappa shape index (κ3) is 7.34. The van der Waals surface area contributed by atoms with Crippen LogP contribution in [0.2, 0.25) is 0 Å². The largest absolute Gasteiger partial charge is 0.450 e. The van der Waals surface area contributed by atoms with Gasteiger partial charge in [-0.3, -0.25) is 5.32 Å². The number of anilines is 2. The molecule has 0 aliphatic rings. The summed E-state index contributed by atoms with van der Waals surface area (Å²) in [5, 5.41) is 26.8. The third-order valence-corrected chi connectivity index (χ3v) is 4.57. The normalized spacial score (nSPS) is 11.8. The average molecular weight is 428 g/mol. The minimum atomic E-state index is -0.578. The van der Waals surface area contributed by atoms with Crippen LogP contribution in [0, 0.1) is 5.41 Å². The molecule has 0 bridgehead atoms. The van der Waals surface area contributed by atoms with E-state index in [0.29, 0.717) is 35.7 Å². The Labute approximate surface area is 183 Å². The first-order valence-electron chi connectivity index (χ1n) is 10.6. The van der Waals surface area contributed by atoms with Crippen molar-refractivity contribution in [3.05, 3.63) is 41.5 Å². The van der Waals surface area contributed by atoms with Crippen LogP contribution in [0.5, 0.6) is 0 Å². The van der Waals surface area contributed by atoms with Gasteiger partial charge >= 0.3 is 6.09 Å². The lowest BCUT2D eigenvalue weighted by atomic mass is 10.0. The third-order valence-electron chi connectivity index (χ3n) is 4.57. The Morgan fingerprint density at radius 2 is 2.10 bits per heavy atom. The SMILES string of the molecule is CCOC(=O)Nc1cc(-c2cccc(CCC(O)CNC)c2)nc(NC(C)C)c1C=N. The summed E-state index contributed by atoms with van der Waals surface area (Å²) >= 11 is 0. The number of nitrogens with one attached hydrogen (secondary N) is 4. The van der Waals surface area contributed by atoms with Gasteiger partial charge in [-0.1, -0.05) is 18.2 Å². The van der Waals surface area contributed by atoms with Crippen LogP contribution in [-0.2, 0) is 11.2 Å². The molecule has 8 heteroatoms. The molecule has 2 rings (SSSR count). The highest BCUT2D eigenvalue weighted by Crippen LogP contribution is 2.29. The Kier molecular flexibility index (Phi) is 9.42. The fraction of sp³-hybridized carbons (Fsp3) is 0.435. The molecule has 5 N–H and O–H groups in total. The fourth-order valence-corrected chi connectivity index (χ4v) is 3.17. The first-order valence-corrected chi connectivity index (χ1v) is 10.6. The van der Waals surface area contributed by atoms with Crippen molar-refractivity contribution in [3.8, 4) is 11.3 Å². The zero-order valence-electron chi connectivity index (χ0n) is 18.7. The van der Waals surface area contributed by atoms with Crippen LogP contribution in [0.3, 0.4) is 0 Å². The van der Waals surface area contributed by atoms with Crippen LogP contribution >= 0.6 is 0 Å². The maximum absolute atomic E-state index is 12.0. The van der Waals surface area contributed by atoms with Gasteiger partial charge in [-0.25, -0.2) is 9.78 Å². The number of likely N-dealkylation sites (N-methyl/N-ethyl adjacent to an activating group) is 1. The number of hydrogen-bond donors (Lipinski definition) is 5. The lowest BCUT2D eigenvalue weighted by Gasteiger charge is -2.17. The molecule has 1 heterocycles. The number of amides is 1. The average Bonchev–Trinajstić information content (AvgIpc) is 2.72. The molecule has 0 saturated carbocycles. The van der Waals surface area contributed by atoms with Crippen molar-refractivity contribution in [1.82, 2.24) is 10.3 Å². The number of ether oxygens (including phenoxy) is 1. The monoisotopic (exact) mass is 427 g/mol. The predicted molar refractivity (Wildman–Crippen MR) is 125 cm³/mol. The van der Waals surface area contributed by atoms with E-state index in [9.17, 15) is 9.90 Å². The van der Waals surface area contributed by atoms with Gasteiger partial charge < -0.3 is 25.9 Å². The molecule has 0 spiro atoms. The second-order valence-corrected chi connectivity index (χ2v) is 7.56. The molecule has 31 heavy (non-hydrogen) atoms. The Balaban J connectivity index is 2.41. The highest BCUT2D eigenvalue weighted by Gasteiger charge is 2.16. The van der Waals surface area contributed by atoms with E-state index in [4.69, 9.17) is 15.1 Å². The van der Waals surface area contributed by atoms with Crippen molar-refractivity contribution >= 4 is 23.8 Å². The number of carbonyl (C=O) groups is 1. The van der Waals surface area contributed by atoms with E-state index in [1.165, 1.54) is 6.21 Å². The quantitative estimate of drug-likeness (QED) is 0.349. The van der Waals surface area contributed by atoms with Gasteiger partial charge in [0.1, 0.15) is 5.82 Å². The number of benzene rings is 1. The van der Waals surface area contributed by atoms with E-state index in [1.54, 1.807) is 13.0 Å². The molecular weight excluding hydrogens is 394 g/mol. The first kappa shape index (κ1) is 24.3. The molecule has 1 aromatic carbocycles. The highest BCUT2D eigenvalue weighted by atomic mass is 16.5. The Bertz CT molecular complexity index is 886. The topological polar surface area (TPSA) is 119 Å². The zero-order valence-corrected chi connectivity index (χ0v) is 18.7. The van der Waals surface area contributed by atoms with Crippen molar-refractivity contribution in [2.24, 2.45) is 0 Å². The summed E-state index contributed by atoms with van der Waals surface area (Å²) in [5.41, 5.74) is 3.58. The van der Waals surface area contributed by atoms with Crippen LogP contribution in [0.4, 0.5) is 16.3 Å². The lowest BCUT2D eigenvalue weighted by molar-refractivity contribution is 0.164. The molecule has 0 saturated heterocycles. The molecule has 2 aromatic rings. The van der Waals surface area contributed by atoms with Crippen molar-refractivity contribution in [2.75, 3.05) is 30.8 Å². The Morgan fingerprint density at radius 3 is 2.74 bits per heavy atom. The van der Waals surface area contributed by atoms with Crippen LogP contribution in [0.15, 0.2) is 30.3 Å². The first-order chi connectivity index (χ1) is 14.9. The molecule has 0 aliphatic heterocycles. The zero-order chi connectivity index (χ0) is 22.8. The second kappa shape index (κ2) is 12.0. The number of rotatable bonds is 11. The maximum atomic E-state index is 12.0. The van der Waals surface area contributed by atoms with Gasteiger partial charge in [-0.2, -0.15) is 0 Å². The maximum Gasteiger partial charge on any atom is 0.411 e. The van der Waals surface area contributed by atoms with Gasteiger partial charge in [-0.05, 0) is 58.4 Å². The predicted octanol–water partition coefficient (Wildman–Crippen LogP) is 3.65. The summed E-state index contributed by atoms with van der Waals surface area (Å²) in [4.78, 5) is 16.8. The summed E-state index contributed by atoms with van der Waals surface area (Å²) < 4.78 is 5.01. The van der Waals surface area contributed by atoms with E-state index < -0.39 is 12.2 Å². The van der Waals surface area contributed by atoms with Crippen molar-refractivity contribution in [2.45, 2.75) is 45.8 Å². The van der Waals surface area contributed by atoms with E-state index in [1.807, 2.05) is 45.2 Å². The van der Waals surface area contributed by atoms with Crippen LogP contribution < -0.4 is 16.0 Å². The van der Waals surface area contributed by atoms with Crippen LogP contribution in [-0.4, -0.2) is 54.7 Å². The molecule has 1 aromatic heterocycles. The summed E-state index contributed by atoms with van der Waals surface area (Å²) in [6, 6.07) is 9.80. The van der Waals surface area contributed by atoms with E-state index in [2.05, 4.69) is 16.0 Å². The minimum Gasteiger partial charge on any atom is -0.450 e. The second-order valence-electron chi connectivity index (χ2n) is 7.56. The number of aliphatic hydroxyl groups is 1. The van der Waals surface area contributed by atoms with E-state index >= 15 is 0 Å². The van der Waals surface area contributed by atoms with Gasteiger partial charge in [0.25, 0.3) is 0 Å². The molecule has 0 radical (unpaired) electrons. The summed E-state index contributed by atoms with van der Waals surface area (Å²) in [6.45, 7) is 6.51. The van der Waals surface area contributed by atoms with Gasteiger partial charge in [0, 0.05) is 24.4 Å². The molecule has 1 amide bonds. The van der Waals surface area contributed by atoms with Gasteiger partial charge in [0.05, 0.1) is 29.7 Å². The van der Waals surface area contributed by atoms with E-state index in [0.717, 1.165) is 17.5 Å². The molecule has 0 fully saturated rings. The van der Waals surface area contributed by atoms with Gasteiger partial charge in [-0.15, -0.1) is 0 Å². The Hall–Kier alpha value is -2.97. The number of aryl methyl sites for hydroxylation is 1. The molecule has 168 valence electrons. The molecule has 0 aliphatic carbocycles. The number of nitrogens with zero attached hydrogens (tertiary/aromatic N) is 1. The van der Waals surface area contributed by atoms with Crippen molar-refractivity contribution in [1.29, 1.82) is 5.41 Å². The summed E-state index contributed by atoms with van der Waals surface area (Å²) in [6.07, 6.45) is 1.58. The van der Waals surface area contributed by atoms with Crippen molar-refractivity contribution in [3.63, 3.8) is 0 Å². The summed E-state index contributed by atoms with van der Waals surface area (Å²) in [5.74, 6) is 0.518. The van der Waals surface area contributed by atoms with Crippen LogP contribution in [0.25, 0.3) is 11.3 Å². The summed E-state index contributed by atoms with van der Waals surface area (Å²) in [7, 11) is 1.82. The highest BCUT2D eigenvalue weighted by molar-refractivity contribution is 5.99. The fourth-order valence-electron chi connectivity index (χ4n) is 3.17. The van der Waals surface area contributed by atoms with Crippen molar-refractivity contribution < 1.29 is 14.6 Å². The van der Waals surface area contributed by atoms with Crippen LogP contribution in [0.1, 0.15) is 38.3 Å². The van der Waals surface area contributed by atoms with Gasteiger partial charge in [0.15, 0.2) is 0 Å². The standard InChI is InChI=1S/C23H33N5O3/c1-5-31-23(30)28-21-12-20(27-22(19(21)13-24)26-15(2)3)17-8-6-7-16(11-17)9-10-18(29)14-25-4/h6-8,11-13,15,18,24-25,29H,5,9-10,14H2,1-4H3,(H2,26,27,28,30). The van der Waals surface area contributed by atoms with E-state index in [-0.39, 0.29) is 12.6 Å². The molecule has 1 atom stereocenters. The number of aliphatic hydroxyl groups excluding tert-OH is 1. The number of hydrogen-bond acceptors (Lipinski definition) is 7. The number of aromatic nitrogens is 1. The molecule has 1 unspecified atom stereocenters. The number of carbonyl (C=O) groups excluding carboxylic acids is 1. The number of pyridine rings is 1.